The number of aryl methyl sites for hydroxylation is 2. The summed E-state index contributed by atoms with van der Waals surface area (Å²) in [5.74, 6) is 1.35. The van der Waals surface area contributed by atoms with Gasteiger partial charge in [-0.3, -0.25) is 9.59 Å². The van der Waals surface area contributed by atoms with Gasteiger partial charge in [-0.05, 0) is 130 Å². The fraction of sp³-hybridized carbons (Fsp3) is 0.548. The zero-order valence-electron chi connectivity index (χ0n) is 31.2. The molecule has 1 aliphatic heterocycles. The van der Waals surface area contributed by atoms with Crippen LogP contribution in [0, 0.1) is 24.7 Å². The number of methoxy groups -OCH3 is 1. The molecule has 1 aromatic heterocycles. The van der Waals surface area contributed by atoms with Crippen molar-refractivity contribution in [2.75, 3.05) is 46.6 Å². The van der Waals surface area contributed by atoms with E-state index in [4.69, 9.17) is 42.1 Å². The van der Waals surface area contributed by atoms with Crippen molar-refractivity contribution >= 4 is 35.1 Å². The summed E-state index contributed by atoms with van der Waals surface area (Å²) in [6.45, 7) is 7.85. The number of amides is 1. The molecule has 2 saturated carbocycles. The Bertz CT molecular complexity index is 1680. The highest BCUT2D eigenvalue weighted by Gasteiger charge is 2.45. The number of nitrogens with zero attached hydrogens (tertiary/aromatic N) is 2. The fourth-order valence-electron chi connectivity index (χ4n) is 7.43. The highest BCUT2D eigenvalue weighted by molar-refractivity contribution is 6.36. The van der Waals surface area contributed by atoms with Crippen LogP contribution in [0.2, 0.25) is 10.0 Å². The molecule has 11 heteroatoms. The number of hydrogen-bond acceptors (Lipinski definition) is 8. The van der Waals surface area contributed by atoms with Gasteiger partial charge >= 0.3 is 5.97 Å². The minimum atomic E-state index is -0.197. The molecule has 3 aliphatic rings. The summed E-state index contributed by atoms with van der Waals surface area (Å²) >= 11 is 12.8. The lowest BCUT2D eigenvalue weighted by molar-refractivity contribution is -0.145. The molecule has 53 heavy (non-hydrogen) atoms. The van der Waals surface area contributed by atoms with Crippen molar-refractivity contribution in [3.8, 4) is 11.6 Å². The summed E-state index contributed by atoms with van der Waals surface area (Å²) < 4.78 is 22.8. The summed E-state index contributed by atoms with van der Waals surface area (Å²) in [4.78, 5) is 33.4. The van der Waals surface area contributed by atoms with Crippen LogP contribution in [-0.4, -0.2) is 74.4 Å². The van der Waals surface area contributed by atoms with Crippen molar-refractivity contribution in [3.05, 3.63) is 86.5 Å². The maximum atomic E-state index is 14.5. The van der Waals surface area contributed by atoms with E-state index in [1.165, 1.54) is 0 Å². The first-order valence-electron chi connectivity index (χ1n) is 19.2. The van der Waals surface area contributed by atoms with Gasteiger partial charge in [0.15, 0.2) is 0 Å². The Morgan fingerprint density at radius 3 is 2.43 bits per heavy atom. The third-order valence-electron chi connectivity index (χ3n) is 10.5. The molecule has 1 amide bonds. The summed E-state index contributed by atoms with van der Waals surface area (Å²) in [6.07, 6.45) is 8.77. The topological polar surface area (TPSA) is 99.2 Å². The number of halogens is 2. The van der Waals surface area contributed by atoms with Crippen LogP contribution in [0.5, 0.6) is 11.6 Å². The van der Waals surface area contributed by atoms with Crippen LogP contribution in [0.3, 0.4) is 0 Å². The second-order valence-corrected chi connectivity index (χ2v) is 15.6. The Morgan fingerprint density at radius 1 is 0.943 bits per heavy atom. The van der Waals surface area contributed by atoms with Gasteiger partial charge in [0.1, 0.15) is 5.75 Å². The lowest BCUT2D eigenvalue weighted by Crippen LogP contribution is -2.47. The lowest BCUT2D eigenvalue weighted by Gasteiger charge is -2.35. The van der Waals surface area contributed by atoms with Gasteiger partial charge in [-0.15, -0.1) is 0 Å². The summed E-state index contributed by atoms with van der Waals surface area (Å²) in [5, 5.41) is 4.86. The average Bonchev–Trinajstić information content (AvgIpc) is 4.09. The van der Waals surface area contributed by atoms with Gasteiger partial charge in [0.05, 0.1) is 31.7 Å². The van der Waals surface area contributed by atoms with Crippen molar-refractivity contribution in [1.29, 1.82) is 0 Å². The van der Waals surface area contributed by atoms with Gasteiger partial charge in [-0.2, -0.15) is 0 Å². The van der Waals surface area contributed by atoms with Gasteiger partial charge in [0.25, 0.3) is 0 Å². The Balaban J connectivity index is 1.09. The molecule has 1 saturated heterocycles. The largest absolute Gasteiger partial charge is 0.493 e. The third kappa shape index (κ3) is 10.9. The smallest absolute Gasteiger partial charge is 0.309 e. The van der Waals surface area contributed by atoms with E-state index in [0.717, 1.165) is 91.5 Å². The maximum Gasteiger partial charge on any atom is 0.309 e. The molecule has 2 aliphatic carbocycles. The predicted molar refractivity (Wildman–Crippen MR) is 207 cm³/mol. The standard InChI is InChI=1S/C42H53Cl2N3O6/c1-4-51-42(49)36-22-31(36)26-53-33-20-28(7-5-15-50-3)19-29(21-33)25-47(32-10-11-32)41(48)37-24-45-14-13-34(37)30-9-12-40(46-23-30)52-16-6-8-35-38(43)17-27(2)18-39(35)44/h9,12,17-21,23,31-32,34,36-37,45H,4-8,10-11,13-16,22,24-26H2,1-3H3/t31?,34-,36+,37?/m1/s1. The van der Waals surface area contributed by atoms with E-state index in [0.29, 0.717) is 55.4 Å². The van der Waals surface area contributed by atoms with E-state index in [-0.39, 0.29) is 41.6 Å². The number of aromatic nitrogens is 1. The zero-order valence-corrected chi connectivity index (χ0v) is 32.7. The molecular weight excluding hydrogens is 713 g/mol. The Morgan fingerprint density at radius 2 is 1.72 bits per heavy atom. The second kappa shape index (κ2) is 18.8. The molecule has 3 aromatic rings. The van der Waals surface area contributed by atoms with Crippen molar-refractivity contribution in [3.63, 3.8) is 0 Å². The number of rotatable bonds is 19. The summed E-state index contributed by atoms with van der Waals surface area (Å²) in [5.41, 5.74) is 5.25. The van der Waals surface area contributed by atoms with Crippen molar-refractivity contribution in [1.82, 2.24) is 15.2 Å². The van der Waals surface area contributed by atoms with E-state index < -0.39 is 0 Å². The van der Waals surface area contributed by atoms with E-state index in [1.807, 2.05) is 38.2 Å². The average molecular weight is 767 g/mol. The number of ether oxygens (including phenoxy) is 4. The molecule has 4 atom stereocenters. The van der Waals surface area contributed by atoms with Gasteiger partial charge in [-0.25, -0.2) is 4.98 Å². The Kier molecular flexibility index (Phi) is 13.9. The third-order valence-corrected chi connectivity index (χ3v) is 11.2. The summed E-state index contributed by atoms with van der Waals surface area (Å²) in [6, 6.07) is 14.4. The Hall–Kier alpha value is -3.37. The molecule has 9 nitrogen and oxygen atoms in total. The number of carbonyl (C=O) groups is 2. The van der Waals surface area contributed by atoms with Crippen molar-refractivity contribution in [2.24, 2.45) is 17.8 Å². The van der Waals surface area contributed by atoms with Gasteiger partial charge in [0, 0.05) is 61.1 Å². The molecule has 0 spiro atoms. The van der Waals surface area contributed by atoms with Crippen LogP contribution < -0.4 is 14.8 Å². The van der Waals surface area contributed by atoms with Gasteiger partial charge in [0.2, 0.25) is 11.8 Å². The number of nitrogens with one attached hydrogen (secondary N) is 1. The quantitative estimate of drug-likeness (QED) is 0.0978. The molecule has 286 valence electrons. The number of benzene rings is 2. The molecule has 1 N–H and O–H groups in total. The highest BCUT2D eigenvalue weighted by atomic mass is 35.5. The Labute approximate surface area is 324 Å². The first-order valence-corrected chi connectivity index (χ1v) is 19.9. The second-order valence-electron chi connectivity index (χ2n) is 14.7. The van der Waals surface area contributed by atoms with Crippen LogP contribution in [0.1, 0.15) is 79.2 Å². The first-order chi connectivity index (χ1) is 25.7. The fourth-order valence-corrected chi connectivity index (χ4v) is 8.22. The zero-order chi connectivity index (χ0) is 37.3. The molecular formula is C42H53Cl2N3O6. The van der Waals surface area contributed by atoms with Crippen LogP contribution in [0.15, 0.2) is 48.7 Å². The van der Waals surface area contributed by atoms with Gasteiger partial charge in [-0.1, -0.05) is 35.3 Å². The normalized spacial score (nSPS) is 20.8. The van der Waals surface area contributed by atoms with E-state index >= 15 is 0 Å². The van der Waals surface area contributed by atoms with E-state index in [9.17, 15) is 9.59 Å². The molecule has 2 unspecified atom stereocenters. The number of carbonyl (C=O) groups excluding carboxylic acids is 2. The molecule has 3 fully saturated rings. The minimum Gasteiger partial charge on any atom is -0.493 e. The van der Waals surface area contributed by atoms with Crippen LogP contribution in [0.25, 0.3) is 0 Å². The molecule has 0 radical (unpaired) electrons. The highest BCUT2D eigenvalue weighted by Crippen LogP contribution is 2.40. The monoisotopic (exact) mass is 765 g/mol. The van der Waals surface area contributed by atoms with Crippen LogP contribution >= 0.6 is 23.2 Å². The first kappa shape index (κ1) is 39.3. The van der Waals surface area contributed by atoms with E-state index in [1.54, 1.807) is 7.11 Å². The molecule has 0 bridgehead atoms. The van der Waals surface area contributed by atoms with Crippen molar-refractivity contribution in [2.45, 2.75) is 83.7 Å². The SMILES string of the molecule is CCOC(=O)[C@H]1CC1COc1cc(CCCOC)cc(CN(C(=O)C2CNCC[C@@H]2c2ccc(OCCCc3c(Cl)cc(C)cc3Cl)nc2)C2CC2)c1. The lowest BCUT2D eigenvalue weighted by atomic mass is 9.81. The number of pyridine rings is 1. The van der Waals surface area contributed by atoms with Gasteiger partial charge < -0.3 is 29.2 Å². The molecule has 6 rings (SSSR count). The number of esters is 1. The predicted octanol–water partition coefficient (Wildman–Crippen LogP) is 7.75. The van der Waals surface area contributed by atoms with E-state index in [2.05, 4.69) is 39.5 Å². The van der Waals surface area contributed by atoms with Crippen LogP contribution in [0.4, 0.5) is 0 Å². The van der Waals surface area contributed by atoms with Crippen molar-refractivity contribution < 1.29 is 28.5 Å². The molecule has 2 aromatic carbocycles. The minimum absolute atomic E-state index is 0.0579. The summed E-state index contributed by atoms with van der Waals surface area (Å²) in [7, 11) is 1.72. The number of piperidine rings is 1. The van der Waals surface area contributed by atoms with Crippen LogP contribution in [-0.2, 0) is 38.4 Å². The molecule has 2 heterocycles. The number of hydrogen-bond donors (Lipinski definition) is 1. The maximum absolute atomic E-state index is 14.5.